The predicted octanol–water partition coefficient (Wildman–Crippen LogP) is 1.56. The Kier molecular flexibility index (Phi) is 4.94. The second-order valence-corrected chi connectivity index (χ2v) is 6.45. The Labute approximate surface area is 141 Å². The summed E-state index contributed by atoms with van der Waals surface area (Å²) in [7, 11) is 3.72. The third kappa shape index (κ3) is 3.64. The van der Waals surface area contributed by atoms with Gasteiger partial charge in [-0.2, -0.15) is 5.10 Å². The molecule has 1 aliphatic heterocycles. The van der Waals surface area contributed by atoms with Gasteiger partial charge in [0.1, 0.15) is 5.82 Å². The highest BCUT2D eigenvalue weighted by molar-refractivity contribution is 5.80. The van der Waals surface area contributed by atoms with Gasteiger partial charge in [0.15, 0.2) is 0 Å². The minimum atomic E-state index is -0.237. The number of aromatic nitrogens is 2. The lowest BCUT2D eigenvalue weighted by molar-refractivity contribution is -0.134. The maximum Gasteiger partial charge on any atom is 0.227 e. The Hall–Kier alpha value is -2.21. The Morgan fingerprint density at radius 2 is 2.12 bits per heavy atom. The molecule has 2 aromatic rings. The fourth-order valence-electron chi connectivity index (χ4n) is 3.26. The molecule has 2 heterocycles. The van der Waals surface area contributed by atoms with Gasteiger partial charge in [0, 0.05) is 45.8 Å². The summed E-state index contributed by atoms with van der Waals surface area (Å²) in [5, 5.41) is 7.54. The van der Waals surface area contributed by atoms with Crippen molar-refractivity contribution in [1.82, 2.24) is 20.0 Å². The SMILES string of the molecule is CN(CCc1ccc(F)cc1)C(=O)[C@H]1CNC[C@@H]1c1cnn(C)c1. The summed E-state index contributed by atoms with van der Waals surface area (Å²) in [6, 6.07) is 6.44. The zero-order chi connectivity index (χ0) is 17.1. The van der Waals surface area contributed by atoms with Gasteiger partial charge in [-0.05, 0) is 29.7 Å². The molecule has 24 heavy (non-hydrogen) atoms. The van der Waals surface area contributed by atoms with Crippen molar-refractivity contribution >= 4 is 5.91 Å². The molecular formula is C18H23FN4O. The average molecular weight is 330 g/mol. The van der Waals surface area contributed by atoms with Crippen LogP contribution in [0, 0.1) is 11.7 Å². The number of aryl methyl sites for hydroxylation is 1. The molecule has 1 aliphatic rings. The van der Waals surface area contributed by atoms with Gasteiger partial charge in [-0.1, -0.05) is 12.1 Å². The molecule has 5 nitrogen and oxygen atoms in total. The van der Waals surface area contributed by atoms with E-state index < -0.39 is 0 Å². The fourth-order valence-corrected chi connectivity index (χ4v) is 3.26. The maximum atomic E-state index is 12.9. The standard InChI is InChI=1S/C18H23FN4O/c1-22(8-7-13-3-5-15(19)6-4-13)18(24)17-11-20-10-16(17)14-9-21-23(2)12-14/h3-6,9,12,16-17,20H,7-8,10-11H2,1-2H3/t16-,17+/m1/s1. The number of nitrogens with zero attached hydrogens (tertiary/aromatic N) is 3. The monoisotopic (exact) mass is 330 g/mol. The summed E-state index contributed by atoms with van der Waals surface area (Å²) in [5.41, 5.74) is 2.14. The molecule has 128 valence electrons. The van der Waals surface area contributed by atoms with Crippen LogP contribution >= 0.6 is 0 Å². The third-order valence-corrected chi connectivity index (χ3v) is 4.71. The van der Waals surface area contributed by atoms with Crippen LogP contribution in [0.5, 0.6) is 0 Å². The Morgan fingerprint density at radius 1 is 1.38 bits per heavy atom. The lowest BCUT2D eigenvalue weighted by Gasteiger charge is -2.24. The van der Waals surface area contributed by atoms with E-state index in [1.165, 1.54) is 12.1 Å². The Balaban J connectivity index is 1.61. The number of carbonyl (C=O) groups excluding carboxylic acids is 1. The molecule has 3 rings (SSSR count). The van der Waals surface area contributed by atoms with Crippen LogP contribution in [0.1, 0.15) is 17.0 Å². The van der Waals surface area contributed by atoms with Crippen molar-refractivity contribution < 1.29 is 9.18 Å². The maximum absolute atomic E-state index is 12.9. The van der Waals surface area contributed by atoms with Gasteiger partial charge in [-0.3, -0.25) is 9.48 Å². The van der Waals surface area contributed by atoms with Crippen molar-refractivity contribution in [3.05, 3.63) is 53.6 Å². The third-order valence-electron chi connectivity index (χ3n) is 4.71. The van der Waals surface area contributed by atoms with Gasteiger partial charge in [0.2, 0.25) is 5.91 Å². The second kappa shape index (κ2) is 7.13. The molecule has 1 amide bonds. The highest BCUT2D eigenvalue weighted by Gasteiger charge is 2.36. The smallest absolute Gasteiger partial charge is 0.227 e. The Bertz CT molecular complexity index is 697. The molecule has 1 aromatic heterocycles. The molecule has 2 atom stereocenters. The van der Waals surface area contributed by atoms with Crippen molar-refractivity contribution in [2.75, 3.05) is 26.7 Å². The number of benzene rings is 1. The first-order valence-corrected chi connectivity index (χ1v) is 8.23. The largest absolute Gasteiger partial charge is 0.345 e. The number of rotatable bonds is 5. The summed E-state index contributed by atoms with van der Waals surface area (Å²) < 4.78 is 14.7. The molecule has 0 radical (unpaired) electrons. The molecule has 1 N–H and O–H groups in total. The summed E-state index contributed by atoms with van der Waals surface area (Å²) in [4.78, 5) is 14.6. The first-order chi connectivity index (χ1) is 11.5. The van der Waals surface area contributed by atoms with E-state index in [1.807, 2.05) is 26.5 Å². The molecule has 0 unspecified atom stereocenters. The minimum Gasteiger partial charge on any atom is -0.345 e. The van der Waals surface area contributed by atoms with E-state index in [2.05, 4.69) is 10.4 Å². The van der Waals surface area contributed by atoms with Gasteiger partial charge in [0.25, 0.3) is 0 Å². The number of hydrogen-bond acceptors (Lipinski definition) is 3. The first kappa shape index (κ1) is 16.6. The van der Waals surface area contributed by atoms with Gasteiger partial charge >= 0.3 is 0 Å². The van der Waals surface area contributed by atoms with Crippen molar-refractivity contribution in [2.45, 2.75) is 12.3 Å². The molecule has 0 spiro atoms. The number of carbonyl (C=O) groups is 1. The average Bonchev–Trinajstić information content (AvgIpc) is 3.21. The normalized spacial score (nSPS) is 20.3. The van der Waals surface area contributed by atoms with E-state index in [0.29, 0.717) is 13.1 Å². The summed E-state index contributed by atoms with van der Waals surface area (Å²) in [5.74, 6) is 0.0161. The lowest BCUT2D eigenvalue weighted by atomic mass is 9.90. The fraction of sp³-hybridized carbons (Fsp3) is 0.444. The van der Waals surface area contributed by atoms with Crippen molar-refractivity contribution in [2.24, 2.45) is 13.0 Å². The van der Waals surface area contributed by atoms with Crippen LogP contribution in [0.25, 0.3) is 0 Å². The summed E-state index contributed by atoms with van der Waals surface area (Å²) in [6.45, 7) is 2.12. The molecule has 1 saturated heterocycles. The van der Waals surface area contributed by atoms with E-state index in [4.69, 9.17) is 0 Å². The molecule has 6 heteroatoms. The van der Waals surface area contributed by atoms with Crippen LogP contribution in [0.3, 0.4) is 0 Å². The van der Waals surface area contributed by atoms with Crippen molar-refractivity contribution in [3.8, 4) is 0 Å². The highest BCUT2D eigenvalue weighted by atomic mass is 19.1. The number of likely N-dealkylation sites (N-methyl/N-ethyl adjacent to an activating group) is 1. The molecular weight excluding hydrogens is 307 g/mol. The zero-order valence-corrected chi connectivity index (χ0v) is 14.1. The quantitative estimate of drug-likeness (QED) is 0.905. The lowest BCUT2D eigenvalue weighted by Crippen LogP contribution is -2.37. The second-order valence-electron chi connectivity index (χ2n) is 6.45. The van der Waals surface area contributed by atoms with E-state index in [9.17, 15) is 9.18 Å². The van der Waals surface area contributed by atoms with E-state index in [0.717, 1.165) is 24.1 Å². The first-order valence-electron chi connectivity index (χ1n) is 8.23. The number of hydrogen-bond donors (Lipinski definition) is 1. The highest BCUT2D eigenvalue weighted by Crippen LogP contribution is 2.29. The molecule has 0 saturated carbocycles. The topological polar surface area (TPSA) is 50.2 Å². The molecule has 1 fully saturated rings. The van der Waals surface area contributed by atoms with Crippen LogP contribution in [0.2, 0.25) is 0 Å². The van der Waals surface area contributed by atoms with Crippen LogP contribution in [0.4, 0.5) is 4.39 Å². The molecule has 1 aromatic carbocycles. The van der Waals surface area contributed by atoms with Gasteiger partial charge in [-0.15, -0.1) is 0 Å². The minimum absolute atomic E-state index is 0.0626. The van der Waals surface area contributed by atoms with Crippen LogP contribution in [-0.4, -0.2) is 47.3 Å². The Morgan fingerprint density at radius 3 is 2.79 bits per heavy atom. The van der Waals surface area contributed by atoms with Crippen LogP contribution < -0.4 is 5.32 Å². The van der Waals surface area contributed by atoms with Crippen molar-refractivity contribution in [1.29, 1.82) is 0 Å². The van der Waals surface area contributed by atoms with E-state index in [1.54, 1.807) is 21.7 Å². The van der Waals surface area contributed by atoms with Crippen LogP contribution in [0.15, 0.2) is 36.7 Å². The molecule has 0 bridgehead atoms. The van der Waals surface area contributed by atoms with E-state index >= 15 is 0 Å². The molecule has 0 aliphatic carbocycles. The van der Waals surface area contributed by atoms with Gasteiger partial charge in [0.05, 0.1) is 12.1 Å². The summed E-state index contributed by atoms with van der Waals surface area (Å²) in [6.07, 6.45) is 4.55. The van der Waals surface area contributed by atoms with E-state index in [-0.39, 0.29) is 23.6 Å². The number of amides is 1. The van der Waals surface area contributed by atoms with Gasteiger partial charge in [-0.25, -0.2) is 4.39 Å². The number of nitrogens with one attached hydrogen (secondary N) is 1. The van der Waals surface area contributed by atoms with Gasteiger partial charge < -0.3 is 10.2 Å². The van der Waals surface area contributed by atoms with Crippen LogP contribution in [-0.2, 0) is 18.3 Å². The summed E-state index contributed by atoms with van der Waals surface area (Å²) >= 11 is 0. The number of halogens is 1. The zero-order valence-electron chi connectivity index (χ0n) is 14.1. The van der Waals surface area contributed by atoms with Crippen molar-refractivity contribution in [3.63, 3.8) is 0 Å². The predicted molar refractivity (Wildman–Crippen MR) is 90.0 cm³/mol.